The van der Waals surface area contributed by atoms with Crippen LogP contribution >= 0.6 is 0 Å². The number of ether oxygens (including phenoxy) is 1. The Bertz CT molecular complexity index is 493. The largest absolute Gasteiger partial charge is 0.444 e. The third-order valence-corrected chi connectivity index (χ3v) is 3.06. The Morgan fingerprint density at radius 3 is 2.81 bits per heavy atom. The van der Waals surface area contributed by atoms with Crippen LogP contribution < -0.4 is 5.32 Å². The van der Waals surface area contributed by atoms with Gasteiger partial charge in [-0.25, -0.2) is 9.78 Å². The van der Waals surface area contributed by atoms with E-state index in [0.29, 0.717) is 13.0 Å². The maximum absolute atomic E-state index is 12.2. The summed E-state index contributed by atoms with van der Waals surface area (Å²) in [5.41, 5.74) is -0.564. The standard InChI is InChI=1S/C14H21N3O4/c1-14(2,3)21-13(19)17-8-5-4-6-10(17)16-11(18)12-15-7-9-20-12/h7,9-10H,4-6,8H2,1-3H3,(H,16,18). The third-order valence-electron chi connectivity index (χ3n) is 3.06. The fraction of sp³-hybridized carbons (Fsp3) is 0.643. The molecule has 1 atom stereocenters. The average molecular weight is 295 g/mol. The number of hydrogen-bond acceptors (Lipinski definition) is 5. The Balaban J connectivity index is 2.02. The minimum Gasteiger partial charge on any atom is -0.444 e. The predicted octanol–water partition coefficient (Wildman–Crippen LogP) is 2.15. The van der Waals surface area contributed by atoms with Crippen LogP contribution in [0.25, 0.3) is 0 Å². The number of rotatable bonds is 2. The molecule has 2 amide bonds. The normalized spacial score (nSPS) is 19.2. The van der Waals surface area contributed by atoms with Gasteiger partial charge in [0.25, 0.3) is 5.89 Å². The molecule has 2 rings (SSSR count). The molecule has 0 saturated carbocycles. The number of aromatic nitrogens is 1. The summed E-state index contributed by atoms with van der Waals surface area (Å²) in [6, 6.07) is 0. The van der Waals surface area contributed by atoms with Gasteiger partial charge in [0, 0.05) is 6.54 Å². The van der Waals surface area contributed by atoms with Crippen molar-refractivity contribution in [2.75, 3.05) is 6.54 Å². The van der Waals surface area contributed by atoms with Gasteiger partial charge in [-0.05, 0) is 40.0 Å². The lowest BCUT2D eigenvalue weighted by molar-refractivity contribution is 0.00579. The van der Waals surface area contributed by atoms with E-state index in [0.717, 1.165) is 12.8 Å². The van der Waals surface area contributed by atoms with Gasteiger partial charge in [0.15, 0.2) is 0 Å². The van der Waals surface area contributed by atoms with E-state index in [1.807, 2.05) is 20.8 Å². The van der Waals surface area contributed by atoms with Crippen molar-refractivity contribution in [1.82, 2.24) is 15.2 Å². The molecular formula is C14H21N3O4. The number of hydrogen-bond donors (Lipinski definition) is 1. The molecule has 1 aliphatic rings. The smallest absolute Gasteiger partial charge is 0.411 e. The Morgan fingerprint density at radius 2 is 2.19 bits per heavy atom. The minimum absolute atomic E-state index is 0.00953. The summed E-state index contributed by atoms with van der Waals surface area (Å²) >= 11 is 0. The predicted molar refractivity (Wildman–Crippen MR) is 74.5 cm³/mol. The monoisotopic (exact) mass is 295 g/mol. The zero-order valence-electron chi connectivity index (χ0n) is 12.6. The van der Waals surface area contributed by atoms with E-state index in [4.69, 9.17) is 9.15 Å². The molecule has 116 valence electrons. The molecule has 0 aliphatic carbocycles. The van der Waals surface area contributed by atoms with Crippen molar-refractivity contribution in [3.05, 3.63) is 18.4 Å². The summed E-state index contributed by atoms with van der Waals surface area (Å²) in [6.07, 6.45) is 4.45. The van der Waals surface area contributed by atoms with Gasteiger partial charge in [0.05, 0.1) is 6.20 Å². The van der Waals surface area contributed by atoms with Crippen LogP contribution in [0.5, 0.6) is 0 Å². The van der Waals surface area contributed by atoms with Crippen molar-refractivity contribution in [3.63, 3.8) is 0 Å². The Hall–Kier alpha value is -2.05. The highest BCUT2D eigenvalue weighted by atomic mass is 16.6. The van der Waals surface area contributed by atoms with Gasteiger partial charge in [-0.3, -0.25) is 9.69 Å². The van der Waals surface area contributed by atoms with Crippen LogP contribution in [0.15, 0.2) is 16.9 Å². The van der Waals surface area contributed by atoms with E-state index in [2.05, 4.69) is 10.3 Å². The molecular weight excluding hydrogens is 274 g/mol. The third kappa shape index (κ3) is 4.21. The van der Waals surface area contributed by atoms with Crippen molar-refractivity contribution in [2.24, 2.45) is 0 Å². The van der Waals surface area contributed by atoms with Gasteiger partial charge in [-0.2, -0.15) is 0 Å². The van der Waals surface area contributed by atoms with Gasteiger partial charge < -0.3 is 14.5 Å². The van der Waals surface area contributed by atoms with Crippen LogP contribution in [0.2, 0.25) is 0 Å². The summed E-state index contributed by atoms with van der Waals surface area (Å²) in [5.74, 6) is -0.440. The first-order valence-corrected chi connectivity index (χ1v) is 7.07. The first-order chi connectivity index (χ1) is 9.87. The van der Waals surface area contributed by atoms with E-state index >= 15 is 0 Å². The lowest BCUT2D eigenvalue weighted by Gasteiger charge is -2.36. The fourth-order valence-corrected chi connectivity index (χ4v) is 2.17. The molecule has 1 aromatic rings. The maximum atomic E-state index is 12.2. The molecule has 0 radical (unpaired) electrons. The van der Waals surface area contributed by atoms with Gasteiger partial charge in [0.1, 0.15) is 18.0 Å². The summed E-state index contributed by atoms with van der Waals surface area (Å²) in [7, 11) is 0. The topological polar surface area (TPSA) is 84.7 Å². The van der Waals surface area contributed by atoms with Crippen molar-refractivity contribution < 1.29 is 18.7 Å². The quantitative estimate of drug-likeness (QED) is 0.903. The molecule has 0 spiro atoms. The molecule has 21 heavy (non-hydrogen) atoms. The van der Waals surface area contributed by atoms with Crippen LogP contribution in [-0.2, 0) is 4.74 Å². The summed E-state index contributed by atoms with van der Waals surface area (Å²) in [4.78, 5) is 29.5. The van der Waals surface area contributed by atoms with Crippen LogP contribution in [-0.4, -0.2) is 40.2 Å². The van der Waals surface area contributed by atoms with Crippen LogP contribution in [0.1, 0.15) is 50.7 Å². The number of likely N-dealkylation sites (tertiary alicyclic amines) is 1. The number of nitrogens with zero attached hydrogens (tertiary/aromatic N) is 2. The van der Waals surface area contributed by atoms with Crippen molar-refractivity contribution in [2.45, 2.75) is 51.8 Å². The van der Waals surface area contributed by atoms with Gasteiger partial charge >= 0.3 is 12.0 Å². The van der Waals surface area contributed by atoms with Crippen LogP contribution in [0.4, 0.5) is 4.79 Å². The lowest BCUT2D eigenvalue weighted by atomic mass is 10.1. The van der Waals surface area contributed by atoms with Crippen molar-refractivity contribution >= 4 is 12.0 Å². The second-order valence-corrected chi connectivity index (χ2v) is 6.00. The maximum Gasteiger partial charge on any atom is 0.411 e. The molecule has 1 saturated heterocycles. The van der Waals surface area contributed by atoms with Gasteiger partial charge in [0.2, 0.25) is 0 Å². The van der Waals surface area contributed by atoms with E-state index in [1.54, 1.807) is 4.90 Å². The number of oxazole rings is 1. The molecule has 1 aromatic heterocycles. The summed E-state index contributed by atoms with van der Waals surface area (Å²) in [6.45, 7) is 6.01. The molecule has 1 N–H and O–H groups in total. The number of piperidine rings is 1. The molecule has 7 heteroatoms. The summed E-state index contributed by atoms with van der Waals surface area (Å²) < 4.78 is 10.3. The Kier molecular flexibility index (Phi) is 4.50. The van der Waals surface area contributed by atoms with Crippen LogP contribution in [0, 0.1) is 0 Å². The number of carbonyl (C=O) groups is 2. The SMILES string of the molecule is CC(C)(C)OC(=O)N1CCCCC1NC(=O)c1ncco1. The number of amides is 2. The van der Waals surface area contributed by atoms with E-state index in [1.165, 1.54) is 12.5 Å². The highest BCUT2D eigenvalue weighted by Gasteiger charge is 2.32. The molecule has 2 heterocycles. The minimum atomic E-state index is -0.564. The average Bonchev–Trinajstić information content (AvgIpc) is 2.91. The number of nitrogens with one attached hydrogen (secondary N) is 1. The highest BCUT2D eigenvalue weighted by Crippen LogP contribution is 2.19. The molecule has 7 nitrogen and oxygen atoms in total. The Labute approximate surface area is 123 Å². The first kappa shape index (κ1) is 15.3. The Morgan fingerprint density at radius 1 is 1.43 bits per heavy atom. The lowest BCUT2D eigenvalue weighted by Crippen LogP contribution is -2.54. The first-order valence-electron chi connectivity index (χ1n) is 7.07. The van der Waals surface area contributed by atoms with Crippen LogP contribution in [0.3, 0.4) is 0 Å². The zero-order valence-corrected chi connectivity index (χ0v) is 12.6. The molecule has 1 unspecified atom stereocenters. The van der Waals surface area contributed by atoms with Crippen molar-refractivity contribution in [3.8, 4) is 0 Å². The van der Waals surface area contributed by atoms with E-state index < -0.39 is 23.8 Å². The highest BCUT2D eigenvalue weighted by molar-refractivity contribution is 5.89. The number of carbonyl (C=O) groups excluding carboxylic acids is 2. The fourth-order valence-electron chi connectivity index (χ4n) is 2.17. The molecule has 1 fully saturated rings. The van der Waals surface area contributed by atoms with E-state index in [9.17, 15) is 9.59 Å². The molecule has 1 aliphatic heterocycles. The molecule has 0 bridgehead atoms. The molecule has 0 aromatic carbocycles. The van der Waals surface area contributed by atoms with E-state index in [-0.39, 0.29) is 5.89 Å². The van der Waals surface area contributed by atoms with Gasteiger partial charge in [-0.1, -0.05) is 0 Å². The second kappa shape index (κ2) is 6.15. The zero-order chi connectivity index (χ0) is 15.5. The summed E-state index contributed by atoms with van der Waals surface area (Å²) in [5, 5.41) is 2.77. The second-order valence-electron chi connectivity index (χ2n) is 6.00. The van der Waals surface area contributed by atoms with Gasteiger partial charge in [-0.15, -0.1) is 0 Å². The van der Waals surface area contributed by atoms with Crippen molar-refractivity contribution in [1.29, 1.82) is 0 Å².